The number of benzene rings is 3. The van der Waals surface area contributed by atoms with Crippen molar-refractivity contribution in [3.05, 3.63) is 64.3 Å². The molecule has 1 aliphatic rings. The fourth-order valence-corrected chi connectivity index (χ4v) is 5.47. The Morgan fingerprint density at radius 1 is 0.923 bits per heavy atom. The summed E-state index contributed by atoms with van der Waals surface area (Å²) in [6.07, 6.45) is 4.22. The highest BCUT2D eigenvalue weighted by Crippen LogP contribution is 2.49. The fraction of sp³-hybridized carbons (Fsp3) is 0.290. The number of likely N-dealkylation sites (tertiary alicyclic amines) is 1. The minimum atomic E-state index is -0.227. The standard InChI is InChI=1S/C31H30N2O6/c1-2-18-16-21(35)10-11-22(18)28-25(30(39-32-28)19-6-8-20(34)9-7-19)23-17-24(36)26-27(29(26)37)31(23)38-15-14-33-12-4-3-5-13-33/h6-11,16-17,34-36H,2-5,12-15H2,1H3. The molecule has 0 bridgehead atoms. The Kier molecular flexibility index (Phi) is 6.48. The van der Waals surface area contributed by atoms with E-state index in [1.54, 1.807) is 48.5 Å². The molecule has 0 atom stereocenters. The van der Waals surface area contributed by atoms with Crippen molar-refractivity contribution in [1.82, 2.24) is 10.1 Å². The molecular formula is C31H30N2O6. The molecule has 200 valence electrons. The van der Waals surface area contributed by atoms with E-state index in [0.29, 0.717) is 52.3 Å². The van der Waals surface area contributed by atoms with Crippen LogP contribution in [0.25, 0.3) is 44.5 Å². The van der Waals surface area contributed by atoms with Crippen LogP contribution in [0.5, 0.6) is 23.0 Å². The quantitative estimate of drug-likeness (QED) is 0.239. The lowest BCUT2D eigenvalue weighted by molar-refractivity contribution is 0.184. The lowest BCUT2D eigenvalue weighted by Gasteiger charge is -2.26. The van der Waals surface area contributed by atoms with Gasteiger partial charge in [0.05, 0.1) is 16.3 Å². The number of ether oxygens (including phenoxy) is 1. The molecule has 1 fully saturated rings. The van der Waals surface area contributed by atoms with Crippen molar-refractivity contribution in [2.24, 2.45) is 0 Å². The number of piperidine rings is 1. The second kappa shape index (κ2) is 10.1. The molecule has 0 saturated carbocycles. The molecule has 1 aliphatic heterocycles. The van der Waals surface area contributed by atoms with Crippen LogP contribution in [0.2, 0.25) is 0 Å². The third-order valence-corrected chi connectivity index (χ3v) is 7.57. The Hall–Kier alpha value is -4.30. The number of nitrogens with zero attached hydrogens (tertiary/aromatic N) is 2. The first-order valence-electron chi connectivity index (χ1n) is 13.4. The summed E-state index contributed by atoms with van der Waals surface area (Å²) >= 11 is 0. The van der Waals surface area contributed by atoms with Crippen LogP contribution in [-0.4, -0.2) is 51.6 Å². The summed E-state index contributed by atoms with van der Waals surface area (Å²) in [5.74, 6) is 0.966. The molecular weight excluding hydrogens is 496 g/mol. The van der Waals surface area contributed by atoms with E-state index in [-0.39, 0.29) is 28.1 Å². The van der Waals surface area contributed by atoms with Crippen molar-refractivity contribution in [3.63, 3.8) is 0 Å². The van der Waals surface area contributed by atoms with Crippen LogP contribution >= 0.6 is 0 Å². The van der Waals surface area contributed by atoms with Gasteiger partial charge in [-0.15, -0.1) is 0 Å². The maximum Gasteiger partial charge on any atom is 0.202 e. The van der Waals surface area contributed by atoms with Gasteiger partial charge in [-0.25, -0.2) is 0 Å². The number of aromatic hydroxyl groups is 3. The zero-order chi connectivity index (χ0) is 27.1. The SMILES string of the molecule is CCc1cc(O)ccc1-c1noc(-c2ccc(O)cc2)c1-c1cc(O)c2c(=O)c2c1OCCN1CCCCC1. The van der Waals surface area contributed by atoms with Crippen molar-refractivity contribution < 1.29 is 24.6 Å². The molecule has 8 heteroatoms. The largest absolute Gasteiger partial charge is 0.508 e. The molecule has 39 heavy (non-hydrogen) atoms. The van der Waals surface area contributed by atoms with E-state index in [2.05, 4.69) is 10.1 Å². The highest BCUT2D eigenvalue weighted by Gasteiger charge is 2.32. The van der Waals surface area contributed by atoms with E-state index in [1.807, 2.05) is 6.92 Å². The number of phenols is 3. The van der Waals surface area contributed by atoms with Crippen LogP contribution in [0.4, 0.5) is 0 Å². The number of hydrogen-bond donors (Lipinski definition) is 3. The minimum Gasteiger partial charge on any atom is -0.508 e. The molecule has 6 rings (SSSR count). The van der Waals surface area contributed by atoms with Gasteiger partial charge in [0.1, 0.15) is 35.3 Å². The van der Waals surface area contributed by atoms with Gasteiger partial charge in [0.15, 0.2) is 5.76 Å². The summed E-state index contributed by atoms with van der Waals surface area (Å²) < 4.78 is 12.2. The first kappa shape index (κ1) is 25.0. The molecule has 0 radical (unpaired) electrons. The van der Waals surface area contributed by atoms with Crippen molar-refractivity contribution in [1.29, 1.82) is 0 Å². The minimum absolute atomic E-state index is 0.112. The molecule has 0 amide bonds. The Labute approximate surface area is 225 Å². The van der Waals surface area contributed by atoms with Gasteiger partial charge in [0, 0.05) is 23.2 Å². The summed E-state index contributed by atoms with van der Waals surface area (Å²) in [5, 5.41) is 35.8. The Morgan fingerprint density at radius 2 is 1.67 bits per heavy atom. The second-order valence-corrected chi connectivity index (χ2v) is 10.1. The van der Waals surface area contributed by atoms with Crippen LogP contribution in [0.15, 0.2) is 57.8 Å². The predicted molar refractivity (Wildman–Crippen MR) is 149 cm³/mol. The van der Waals surface area contributed by atoms with E-state index in [0.717, 1.165) is 30.8 Å². The van der Waals surface area contributed by atoms with Crippen LogP contribution in [-0.2, 0) is 6.42 Å². The van der Waals surface area contributed by atoms with Crippen LogP contribution < -0.4 is 10.2 Å². The lowest BCUT2D eigenvalue weighted by atomic mass is 9.92. The van der Waals surface area contributed by atoms with Crippen molar-refractivity contribution in [2.45, 2.75) is 32.6 Å². The van der Waals surface area contributed by atoms with Gasteiger partial charge in [0.25, 0.3) is 0 Å². The molecule has 3 N–H and O–H groups in total. The average molecular weight is 527 g/mol. The van der Waals surface area contributed by atoms with Gasteiger partial charge in [-0.05, 0) is 86.4 Å². The second-order valence-electron chi connectivity index (χ2n) is 10.1. The zero-order valence-electron chi connectivity index (χ0n) is 21.7. The molecule has 0 unspecified atom stereocenters. The van der Waals surface area contributed by atoms with Gasteiger partial charge < -0.3 is 24.6 Å². The third kappa shape index (κ3) is 4.61. The molecule has 5 aromatic rings. The van der Waals surface area contributed by atoms with E-state index >= 15 is 0 Å². The van der Waals surface area contributed by atoms with Gasteiger partial charge in [-0.1, -0.05) is 18.5 Å². The molecule has 2 heterocycles. The maximum atomic E-state index is 12.7. The highest BCUT2D eigenvalue weighted by molar-refractivity contribution is 6.11. The molecule has 8 nitrogen and oxygen atoms in total. The first-order chi connectivity index (χ1) is 19.0. The van der Waals surface area contributed by atoms with E-state index in [4.69, 9.17) is 9.26 Å². The zero-order valence-corrected chi connectivity index (χ0v) is 21.7. The molecule has 1 saturated heterocycles. The summed E-state index contributed by atoms with van der Waals surface area (Å²) in [5.41, 5.74) is 3.62. The van der Waals surface area contributed by atoms with Crippen molar-refractivity contribution in [2.75, 3.05) is 26.2 Å². The van der Waals surface area contributed by atoms with E-state index in [1.165, 1.54) is 19.3 Å². The van der Waals surface area contributed by atoms with Crippen molar-refractivity contribution in [3.8, 4) is 56.7 Å². The van der Waals surface area contributed by atoms with Crippen molar-refractivity contribution >= 4 is 10.8 Å². The fourth-order valence-electron chi connectivity index (χ4n) is 5.47. The predicted octanol–water partition coefficient (Wildman–Crippen LogP) is 5.61. The average Bonchev–Trinajstić information content (AvgIpc) is 3.43. The van der Waals surface area contributed by atoms with Crippen LogP contribution in [0.3, 0.4) is 0 Å². The monoisotopic (exact) mass is 526 g/mol. The number of aryl methyl sites for hydroxylation is 1. The Morgan fingerprint density at radius 3 is 2.41 bits per heavy atom. The number of fused-ring (bicyclic) bond motifs is 1. The normalized spacial score (nSPS) is 14.4. The summed E-state index contributed by atoms with van der Waals surface area (Å²) in [4.78, 5) is 15.1. The Balaban J connectivity index is 1.51. The van der Waals surface area contributed by atoms with Gasteiger partial charge in [-0.2, -0.15) is 0 Å². The van der Waals surface area contributed by atoms with Crippen LogP contribution in [0, 0.1) is 0 Å². The summed E-state index contributed by atoms with van der Waals surface area (Å²) in [6.45, 7) is 5.18. The van der Waals surface area contributed by atoms with Gasteiger partial charge in [0.2, 0.25) is 5.43 Å². The first-order valence-corrected chi connectivity index (χ1v) is 13.4. The topological polar surface area (TPSA) is 116 Å². The van der Waals surface area contributed by atoms with Gasteiger partial charge in [-0.3, -0.25) is 9.69 Å². The lowest BCUT2D eigenvalue weighted by Crippen LogP contribution is -2.33. The van der Waals surface area contributed by atoms with Crippen LogP contribution in [0.1, 0.15) is 31.7 Å². The highest BCUT2D eigenvalue weighted by atomic mass is 16.5. The summed E-state index contributed by atoms with van der Waals surface area (Å²) in [7, 11) is 0. The van der Waals surface area contributed by atoms with Gasteiger partial charge >= 0.3 is 0 Å². The number of aromatic nitrogens is 1. The number of phenolic OH excluding ortho intramolecular Hbond substituents is 3. The number of hydrogen-bond acceptors (Lipinski definition) is 8. The van der Waals surface area contributed by atoms with E-state index < -0.39 is 0 Å². The Bertz CT molecular complexity index is 1650. The molecule has 0 spiro atoms. The maximum absolute atomic E-state index is 12.7. The molecule has 0 aliphatic carbocycles. The smallest absolute Gasteiger partial charge is 0.202 e. The number of rotatable bonds is 8. The third-order valence-electron chi connectivity index (χ3n) is 7.57. The molecule has 4 aromatic carbocycles. The molecule has 1 aromatic heterocycles. The summed E-state index contributed by atoms with van der Waals surface area (Å²) in [6, 6.07) is 13.2. The van der Waals surface area contributed by atoms with E-state index in [9.17, 15) is 20.1 Å².